The van der Waals surface area contributed by atoms with Crippen LogP contribution < -0.4 is 14.8 Å². The van der Waals surface area contributed by atoms with Crippen molar-refractivity contribution in [1.82, 2.24) is 10.2 Å². The van der Waals surface area contributed by atoms with Crippen LogP contribution in [0, 0.1) is 5.92 Å². The zero-order chi connectivity index (χ0) is 19.2. The third-order valence-corrected chi connectivity index (χ3v) is 4.57. The number of ether oxygens (including phenoxy) is 2. The summed E-state index contributed by atoms with van der Waals surface area (Å²) in [5.74, 6) is 0.0451. The van der Waals surface area contributed by atoms with Crippen molar-refractivity contribution in [2.75, 3.05) is 27.3 Å². The average Bonchev–Trinajstić information content (AvgIpc) is 2.61. The largest absolute Gasteiger partial charge is 0.497 e. The number of hydrogen-bond donors (Lipinski definition) is 1. The Morgan fingerprint density at radius 2 is 1.88 bits per heavy atom. The Kier molecular flexibility index (Phi) is 6.99. The highest BCUT2D eigenvalue weighted by atomic mass is 19.4. The minimum absolute atomic E-state index is 0.0502. The van der Waals surface area contributed by atoms with Gasteiger partial charge in [0, 0.05) is 13.1 Å². The molecule has 2 atom stereocenters. The molecule has 1 aliphatic rings. The molecule has 0 aliphatic heterocycles. The molecule has 1 aromatic rings. The maximum Gasteiger partial charge on any atom is 0.391 e. The molecule has 146 valence electrons. The second kappa shape index (κ2) is 9.00. The van der Waals surface area contributed by atoms with Gasteiger partial charge in [-0.1, -0.05) is 6.42 Å². The first kappa shape index (κ1) is 20.2. The molecule has 0 bridgehead atoms. The number of nitrogens with zero attached hydrogens (tertiary/aromatic N) is 1. The minimum Gasteiger partial charge on any atom is -0.497 e. The fourth-order valence-electron chi connectivity index (χ4n) is 2.98. The Hall–Kier alpha value is -2.12. The van der Waals surface area contributed by atoms with Crippen LogP contribution in [0.5, 0.6) is 11.5 Å². The molecular weight excluding hydrogens is 349 g/mol. The number of alkyl halides is 3. The first-order valence-electron chi connectivity index (χ1n) is 8.65. The van der Waals surface area contributed by atoms with Gasteiger partial charge in [-0.05, 0) is 43.5 Å². The van der Waals surface area contributed by atoms with E-state index in [0.29, 0.717) is 25.1 Å². The monoisotopic (exact) mass is 374 g/mol. The molecule has 0 aromatic heterocycles. The predicted octanol–water partition coefficient (Wildman–Crippen LogP) is 3.84. The van der Waals surface area contributed by atoms with Crippen molar-refractivity contribution in [3.8, 4) is 11.5 Å². The summed E-state index contributed by atoms with van der Waals surface area (Å²) in [6.45, 7) is 0.610. The maximum absolute atomic E-state index is 12.8. The van der Waals surface area contributed by atoms with E-state index < -0.39 is 18.1 Å². The number of likely N-dealkylation sites (N-methyl/N-ethyl adjacent to an activating group) is 1. The topological polar surface area (TPSA) is 50.8 Å². The molecule has 1 aromatic carbocycles. The van der Waals surface area contributed by atoms with E-state index in [2.05, 4.69) is 5.32 Å². The lowest BCUT2D eigenvalue weighted by Crippen LogP contribution is -2.47. The van der Waals surface area contributed by atoms with Gasteiger partial charge < -0.3 is 19.7 Å². The standard InChI is InChI=1S/C18H25F3N2O3/c1-23(10-11-26-16-8-6-15(25-2)7-9-16)17(24)22-14-5-3-4-13(12-14)18(19,20)21/h6-9,13-14H,3-5,10-12H2,1-2H3,(H,22,24). The second-order valence-corrected chi connectivity index (χ2v) is 6.50. The van der Waals surface area contributed by atoms with Crippen LogP contribution >= 0.6 is 0 Å². The summed E-state index contributed by atoms with van der Waals surface area (Å²) in [5.41, 5.74) is 0. The Balaban J connectivity index is 1.73. The molecule has 2 amide bonds. The molecule has 1 aliphatic carbocycles. The fourth-order valence-corrected chi connectivity index (χ4v) is 2.98. The van der Waals surface area contributed by atoms with Crippen molar-refractivity contribution in [2.24, 2.45) is 5.92 Å². The zero-order valence-corrected chi connectivity index (χ0v) is 15.0. The second-order valence-electron chi connectivity index (χ2n) is 6.50. The maximum atomic E-state index is 12.8. The van der Waals surface area contributed by atoms with Crippen LogP contribution in [-0.2, 0) is 0 Å². The highest BCUT2D eigenvalue weighted by molar-refractivity contribution is 5.74. The lowest BCUT2D eigenvalue weighted by atomic mass is 9.85. The molecule has 0 saturated heterocycles. The van der Waals surface area contributed by atoms with Crippen molar-refractivity contribution in [3.63, 3.8) is 0 Å². The SMILES string of the molecule is COc1ccc(OCCN(C)C(=O)NC2CCCC(C(F)(F)F)C2)cc1. The summed E-state index contributed by atoms with van der Waals surface area (Å²) >= 11 is 0. The lowest BCUT2D eigenvalue weighted by molar-refractivity contribution is -0.183. The number of halogens is 3. The van der Waals surface area contributed by atoms with E-state index in [1.165, 1.54) is 4.90 Å². The van der Waals surface area contributed by atoms with Gasteiger partial charge in [0.2, 0.25) is 0 Å². The van der Waals surface area contributed by atoms with Gasteiger partial charge in [0.1, 0.15) is 18.1 Å². The quantitative estimate of drug-likeness (QED) is 0.823. The Morgan fingerprint density at radius 1 is 1.23 bits per heavy atom. The molecule has 2 unspecified atom stereocenters. The first-order valence-corrected chi connectivity index (χ1v) is 8.65. The normalized spacial score (nSPS) is 20.3. The number of amides is 2. The number of benzene rings is 1. The Labute approximate surface area is 151 Å². The smallest absolute Gasteiger partial charge is 0.391 e. The van der Waals surface area contributed by atoms with E-state index in [0.717, 1.165) is 5.75 Å². The molecule has 2 rings (SSSR count). The summed E-state index contributed by atoms with van der Waals surface area (Å²) in [6.07, 6.45) is -3.05. The van der Waals surface area contributed by atoms with Gasteiger partial charge in [0.05, 0.1) is 19.6 Å². The van der Waals surface area contributed by atoms with Gasteiger partial charge in [-0.3, -0.25) is 0 Å². The zero-order valence-electron chi connectivity index (χ0n) is 15.0. The molecule has 1 fully saturated rings. The lowest BCUT2D eigenvalue weighted by Gasteiger charge is -2.32. The first-order chi connectivity index (χ1) is 12.3. The van der Waals surface area contributed by atoms with E-state index in [1.807, 2.05) is 0 Å². The minimum atomic E-state index is -4.19. The summed E-state index contributed by atoms with van der Waals surface area (Å²) in [4.78, 5) is 13.6. The molecule has 5 nitrogen and oxygen atoms in total. The van der Waals surface area contributed by atoms with E-state index in [-0.39, 0.29) is 25.5 Å². The average molecular weight is 374 g/mol. The summed E-state index contributed by atoms with van der Waals surface area (Å²) in [5, 5.41) is 2.70. The molecule has 8 heteroatoms. The van der Waals surface area contributed by atoms with Gasteiger partial charge in [-0.2, -0.15) is 13.2 Å². The van der Waals surface area contributed by atoms with Crippen molar-refractivity contribution < 1.29 is 27.4 Å². The molecule has 0 radical (unpaired) electrons. The molecule has 1 saturated carbocycles. The highest BCUT2D eigenvalue weighted by Gasteiger charge is 2.42. The summed E-state index contributed by atoms with van der Waals surface area (Å²) in [6, 6.07) is 6.25. The van der Waals surface area contributed by atoms with Crippen LogP contribution in [0.2, 0.25) is 0 Å². The van der Waals surface area contributed by atoms with Crippen molar-refractivity contribution in [1.29, 1.82) is 0 Å². The molecule has 0 spiro atoms. The Morgan fingerprint density at radius 3 is 2.50 bits per heavy atom. The third-order valence-electron chi connectivity index (χ3n) is 4.57. The molecule has 26 heavy (non-hydrogen) atoms. The highest BCUT2D eigenvalue weighted by Crippen LogP contribution is 2.37. The number of nitrogens with one attached hydrogen (secondary N) is 1. The van der Waals surface area contributed by atoms with Gasteiger partial charge in [0.25, 0.3) is 0 Å². The van der Waals surface area contributed by atoms with Crippen molar-refractivity contribution in [2.45, 2.75) is 37.9 Å². The van der Waals surface area contributed by atoms with E-state index >= 15 is 0 Å². The number of carbonyl (C=O) groups excluding carboxylic acids is 1. The molecule has 1 N–H and O–H groups in total. The predicted molar refractivity (Wildman–Crippen MR) is 91.5 cm³/mol. The number of methoxy groups -OCH3 is 1. The van der Waals surface area contributed by atoms with Crippen LogP contribution in [-0.4, -0.2) is 50.5 Å². The van der Waals surface area contributed by atoms with Gasteiger partial charge in [-0.25, -0.2) is 4.79 Å². The number of hydrogen-bond acceptors (Lipinski definition) is 3. The van der Waals surface area contributed by atoms with Crippen molar-refractivity contribution in [3.05, 3.63) is 24.3 Å². The molecule has 0 heterocycles. The summed E-state index contributed by atoms with van der Waals surface area (Å²) < 4.78 is 49.1. The molecular formula is C18H25F3N2O3. The summed E-state index contributed by atoms with van der Waals surface area (Å²) in [7, 11) is 3.17. The third kappa shape index (κ3) is 6.00. The van der Waals surface area contributed by atoms with Crippen LogP contribution in [0.1, 0.15) is 25.7 Å². The van der Waals surface area contributed by atoms with Gasteiger partial charge in [0.15, 0.2) is 0 Å². The number of urea groups is 1. The number of rotatable bonds is 6. The van der Waals surface area contributed by atoms with E-state index in [4.69, 9.17) is 9.47 Å². The van der Waals surface area contributed by atoms with E-state index in [1.54, 1.807) is 38.4 Å². The van der Waals surface area contributed by atoms with Crippen molar-refractivity contribution >= 4 is 6.03 Å². The number of carbonyl (C=O) groups is 1. The van der Waals surface area contributed by atoms with E-state index in [9.17, 15) is 18.0 Å². The van der Waals surface area contributed by atoms with Crippen LogP contribution in [0.25, 0.3) is 0 Å². The fraction of sp³-hybridized carbons (Fsp3) is 0.611. The Bertz CT molecular complexity index is 578. The van der Waals surface area contributed by atoms with Crippen LogP contribution in [0.3, 0.4) is 0 Å². The van der Waals surface area contributed by atoms with Crippen LogP contribution in [0.15, 0.2) is 24.3 Å². The van der Waals surface area contributed by atoms with Gasteiger partial charge in [-0.15, -0.1) is 0 Å². The van der Waals surface area contributed by atoms with Gasteiger partial charge >= 0.3 is 12.2 Å². The van der Waals surface area contributed by atoms with Crippen LogP contribution in [0.4, 0.5) is 18.0 Å².